The number of thiophene rings is 1. The molecule has 0 aliphatic heterocycles. The molecule has 1 unspecified atom stereocenters. The van der Waals surface area contributed by atoms with Crippen LogP contribution in [0.25, 0.3) is 0 Å². The summed E-state index contributed by atoms with van der Waals surface area (Å²) in [6.45, 7) is 0. The van der Waals surface area contributed by atoms with Gasteiger partial charge in [0, 0.05) is 4.88 Å². The van der Waals surface area contributed by atoms with Gasteiger partial charge in [0.15, 0.2) is 0 Å². The molecule has 1 aromatic carbocycles. The summed E-state index contributed by atoms with van der Waals surface area (Å²) >= 11 is 1.79. The minimum absolute atomic E-state index is 0.149. The van der Waals surface area contributed by atoms with Crippen LogP contribution in [0.1, 0.15) is 39.7 Å². The zero-order valence-electron chi connectivity index (χ0n) is 10.9. The summed E-state index contributed by atoms with van der Waals surface area (Å²) in [5.74, 6) is -0.994. The molecule has 1 aromatic heterocycles. The van der Waals surface area contributed by atoms with Crippen LogP contribution in [-0.4, -0.2) is 11.1 Å². The summed E-state index contributed by atoms with van der Waals surface area (Å²) in [6, 6.07) is 7.45. The van der Waals surface area contributed by atoms with Crippen molar-refractivity contribution in [2.24, 2.45) is 0 Å². The van der Waals surface area contributed by atoms with Gasteiger partial charge in [-0.2, -0.15) is 0 Å². The molecule has 104 valence electrons. The molecular weight excluding hydrogens is 272 g/mol. The molecule has 1 atom stereocenters. The first-order valence-electron chi connectivity index (χ1n) is 6.61. The highest BCUT2D eigenvalue weighted by Gasteiger charge is 2.22. The molecule has 0 spiro atoms. The van der Waals surface area contributed by atoms with Crippen LogP contribution in [0.5, 0.6) is 0 Å². The Balaban J connectivity index is 1.90. The van der Waals surface area contributed by atoms with E-state index in [0.717, 1.165) is 19.3 Å². The van der Waals surface area contributed by atoms with Crippen molar-refractivity contribution in [3.63, 3.8) is 0 Å². The lowest BCUT2D eigenvalue weighted by atomic mass is 9.93. The number of para-hydroxylation sites is 1. The number of anilines is 2. The fourth-order valence-electron chi connectivity index (χ4n) is 2.70. The third-order valence-corrected chi connectivity index (χ3v) is 4.71. The van der Waals surface area contributed by atoms with Gasteiger partial charge in [0.2, 0.25) is 0 Å². The molecule has 0 fully saturated rings. The van der Waals surface area contributed by atoms with Crippen molar-refractivity contribution < 1.29 is 9.90 Å². The van der Waals surface area contributed by atoms with Gasteiger partial charge in [-0.25, -0.2) is 4.79 Å². The molecular formula is C15H16N2O2S. The first kappa shape index (κ1) is 13.0. The van der Waals surface area contributed by atoms with E-state index in [1.54, 1.807) is 17.4 Å². The first-order chi connectivity index (χ1) is 9.66. The van der Waals surface area contributed by atoms with Crippen LogP contribution in [0.15, 0.2) is 29.6 Å². The van der Waals surface area contributed by atoms with E-state index in [9.17, 15) is 4.79 Å². The molecule has 20 heavy (non-hydrogen) atoms. The Morgan fingerprint density at radius 3 is 3.05 bits per heavy atom. The number of nitrogen functional groups attached to an aromatic ring is 1. The van der Waals surface area contributed by atoms with E-state index in [0.29, 0.717) is 11.4 Å². The first-order valence-corrected chi connectivity index (χ1v) is 7.49. The number of fused-ring (bicyclic) bond motifs is 1. The zero-order chi connectivity index (χ0) is 14.1. The molecule has 0 bridgehead atoms. The highest BCUT2D eigenvalue weighted by molar-refractivity contribution is 7.10. The molecule has 0 radical (unpaired) electrons. The van der Waals surface area contributed by atoms with E-state index >= 15 is 0 Å². The highest BCUT2D eigenvalue weighted by atomic mass is 32.1. The monoisotopic (exact) mass is 288 g/mol. The van der Waals surface area contributed by atoms with Crippen LogP contribution in [0.2, 0.25) is 0 Å². The quantitative estimate of drug-likeness (QED) is 0.755. The maximum Gasteiger partial charge on any atom is 0.337 e. The number of nitrogens with two attached hydrogens (primary N) is 1. The predicted octanol–water partition coefficient (Wildman–Crippen LogP) is 3.52. The van der Waals surface area contributed by atoms with Crippen molar-refractivity contribution in [1.29, 1.82) is 0 Å². The van der Waals surface area contributed by atoms with Gasteiger partial charge in [-0.3, -0.25) is 0 Å². The molecule has 0 amide bonds. The van der Waals surface area contributed by atoms with Gasteiger partial charge in [-0.15, -0.1) is 11.3 Å². The van der Waals surface area contributed by atoms with Gasteiger partial charge in [-0.05, 0) is 48.4 Å². The maximum atomic E-state index is 11.1. The highest BCUT2D eigenvalue weighted by Crippen LogP contribution is 2.37. The SMILES string of the molecule is Nc1c(NC2CCCc3sccc32)cccc1C(=O)O. The minimum atomic E-state index is -0.994. The molecule has 2 aromatic rings. The Kier molecular flexibility index (Phi) is 3.36. The second-order valence-corrected chi connectivity index (χ2v) is 5.96. The standard InChI is InChI=1S/C15H16N2O2S/c16-14-10(15(18)19)3-1-5-12(14)17-11-4-2-6-13-9(11)7-8-20-13/h1,3,5,7-8,11,17H,2,4,6,16H2,(H,18,19). The van der Waals surface area contributed by atoms with Crippen molar-refractivity contribution in [2.45, 2.75) is 25.3 Å². The van der Waals surface area contributed by atoms with Crippen LogP contribution < -0.4 is 11.1 Å². The van der Waals surface area contributed by atoms with Crippen molar-refractivity contribution in [2.75, 3.05) is 11.1 Å². The zero-order valence-corrected chi connectivity index (χ0v) is 11.7. The summed E-state index contributed by atoms with van der Waals surface area (Å²) in [7, 11) is 0. The number of benzene rings is 1. The van der Waals surface area contributed by atoms with Gasteiger partial charge in [-0.1, -0.05) is 6.07 Å². The molecule has 1 aliphatic rings. The van der Waals surface area contributed by atoms with Crippen LogP contribution in [0.4, 0.5) is 11.4 Å². The Labute approximate surface area is 121 Å². The van der Waals surface area contributed by atoms with Crippen LogP contribution in [0, 0.1) is 0 Å². The fraction of sp³-hybridized carbons (Fsp3) is 0.267. The number of carbonyl (C=O) groups is 1. The number of carboxylic acids is 1. The summed E-state index contributed by atoms with van der Waals surface area (Å²) in [4.78, 5) is 12.5. The third kappa shape index (κ3) is 2.25. The van der Waals surface area contributed by atoms with Crippen molar-refractivity contribution >= 4 is 28.7 Å². The molecule has 3 rings (SSSR count). The maximum absolute atomic E-state index is 11.1. The number of nitrogens with one attached hydrogen (secondary N) is 1. The van der Waals surface area contributed by atoms with Crippen molar-refractivity contribution in [3.8, 4) is 0 Å². The Morgan fingerprint density at radius 2 is 2.25 bits per heavy atom. The lowest BCUT2D eigenvalue weighted by Crippen LogP contribution is -2.17. The Morgan fingerprint density at radius 1 is 1.40 bits per heavy atom. The number of hydrogen-bond donors (Lipinski definition) is 3. The fourth-order valence-corrected chi connectivity index (χ4v) is 3.69. The van der Waals surface area contributed by atoms with Crippen LogP contribution in [0.3, 0.4) is 0 Å². The summed E-state index contributed by atoms with van der Waals surface area (Å²) in [5, 5.41) is 14.6. The van der Waals surface area contributed by atoms with Crippen LogP contribution in [-0.2, 0) is 6.42 Å². The van der Waals surface area contributed by atoms with E-state index in [2.05, 4.69) is 16.8 Å². The van der Waals surface area contributed by atoms with E-state index in [1.807, 2.05) is 6.07 Å². The van der Waals surface area contributed by atoms with E-state index in [-0.39, 0.29) is 11.6 Å². The molecule has 0 saturated heterocycles. The van der Waals surface area contributed by atoms with Crippen LogP contribution >= 0.6 is 11.3 Å². The Hall–Kier alpha value is -2.01. The average Bonchev–Trinajstić information content (AvgIpc) is 2.90. The van der Waals surface area contributed by atoms with Crippen molar-refractivity contribution in [1.82, 2.24) is 0 Å². The molecule has 0 saturated carbocycles. The number of aromatic carboxylic acids is 1. The van der Waals surface area contributed by atoms with Gasteiger partial charge < -0.3 is 16.2 Å². The normalized spacial score (nSPS) is 17.5. The molecule has 1 aliphatic carbocycles. The summed E-state index contributed by atoms with van der Waals surface area (Å²) in [5.41, 5.74) is 8.44. The lowest BCUT2D eigenvalue weighted by molar-refractivity contribution is 0.0698. The summed E-state index contributed by atoms with van der Waals surface area (Å²) in [6.07, 6.45) is 3.32. The van der Waals surface area contributed by atoms with E-state index in [1.165, 1.54) is 16.5 Å². The molecule has 4 nitrogen and oxygen atoms in total. The van der Waals surface area contributed by atoms with Gasteiger partial charge in [0.1, 0.15) is 0 Å². The number of carboxylic acid groups (broad SMARTS) is 1. The lowest BCUT2D eigenvalue weighted by Gasteiger charge is -2.25. The summed E-state index contributed by atoms with van der Waals surface area (Å²) < 4.78 is 0. The van der Waals surface area contributed by atoms with E-state index in [4.69, 9.17) is 10.8 Å². The van der Waals surface area contributed by atoms with E-state index < -0.39 is 5.97 Å². The third-order valence-electron chi connectivity index (χ3n) is 3.72. The largest absolute Gasteiger partial charge is 0.478 e. The number of rotatable bonds is 3. The molecule has 4 N–H and O–H groups in total. The second kappa shape index (κ2) is 5.17. The molecule has 5 heteroatoms. The second-order valence-electron chi connectivity index (χ2n) is 4.96. The minimum Gasteiger partial charge on any atom is -0.478 e. The molecule has 1 heterocycles. The Bertz CT molecular complexity index is 651. The number of hydrogen-bond acceptors (Lipinski definition) is 4. The number of aryl methyl sites for hydroxylation is 1. The van der Waals surface area contributed by atoms with Gasteiger partial charge >= 0.3 is 5.97 Å². The smallest absolute Gasteiger partial charge is 0.337 e. The van der Waals surface area contributed by atoms with Crippen molar-refractivity contribution in [3.05, 3.63) is 45.6 Å². The average molecular weight is 288 g/mol. The van der Waals surface area contributed by atoms with Gasteiger partial charge in [0.25, 0.3) is 0 Å². The topological polar surface area (TPSA) is 75.3 Å². The van der Waals surface area contributed by atoms with Gasteiger partial charge in [0.05, 0.1) is 23.0 Å². The predicted molar refractivity (Wildman–Crippen MR) is 81.4 cm³/mol.